The van der Waals surface area contributed by atoms with Crippen molar-refractivity contribution in [2.75, 3.05) is 18.0 Å². The second-order valence-electron chi connectivity index (χ2n) is 7.07. The molecule has 0 fully saturated rings. The van der Waals surface area contributed by atoms with Gasteiger partial charge in [0.25, 0.3) is 15.9 Å². The van der Waals surface area contributed by atoms with Crippen LogP contribution in [0.1, 0.15) is 18.1 Å². The fourth-order valence-corrected chi connectivity index (χ4v) is 4.93. The minimum atomic E-state index is -4.16. The number of hydrogen-bond donors (Lipinski definition) is 0. The molecule has 3 aromatic carbocycles. The van der Waals surface area contributed by atoms with Gasteiger partial charge in [0.2, 0.25) is 0 Å². The van der Waals surface area contributed by atoms with Crippen molar-refractivity contribution in [2.45, 2.75) is 25.2 Å². The summed E-state index contributed by atoms with van der Waals surface area (Å²) in [6.45, 7) is 3.40. The molecule has 168 valence electrons. The van der Waals surface area contributed by atoms with E-state index in [1.165, 1.54) is 31.4 Å². The Balaban J connectivity index is 1.96. The highest BCUT2D eigenvalue weighted by Crippen LogP contribution is 2.28. The minimum absolute atomic E-state index is 0.0187. The lowest BCUT2D eigenvalue weighted by atomic mass is 10.1. The van der Waals surface area contributed by atoms with Gasteiger partial charge >= 0.3 is 0 Å². The number of benzene rings is 3. The molecule has 32 heavy (non-hydrogen) atoms. The average molecular weight is 518 g/mol. The van der Waals surface area contributed by atoms with Crippen molar-refractivity contribution in [3.05, 3.63) is 82.3 Å². The third-order valence-electron chi connectivity index (χ3n) is 4.85. The number of carbonyl (C=O) groups excluding carboxylic acids is 1. The molecule has 0 unspecified atom stereocenters. The Morgan fingerprint density at radius 1 is 1.00 bits per heavy atom. The number of halogens is 1. The molecule has 0 atom stereocenters. The van der Waals surface area contributed by atoms with Crippen molar-refractivity contribution in [3.63, 3.8) is 0 Å². The molecule has 3 rings (SSSR count). The van der Waals surface area contributed by atoms with E-state index in [1.807, 2.05) is 26.0 Å². The maximum atomic E-state index is 13.4. The first kappa shape index (κ1) is 23.8. The van der Waals surface area contributed by atoms with Crippen molar-refractivity contribution in [1.82, 2.24) is 0 Å². The van der Waals surface area contributed by atoms with E-state index in [4.69, 9.17) is 9.47 Å². The molecule has 0 N–H and O–H groups in total. The number of hydrogen-bond acceptors (Lipinski definition) is 5. The topological polar surface area (TPSA) is 72.9 Å². The first-order valence-electron chi connectivity index (χ1n) is 9.96. The quantitative estimate of drug-likeness (QED) is 0.414. The fraction of sp³-hybridized carbons (Fsp3) is 0.208. The number of anilines is 1. The molecular weight excluding hydrogens is 494 g/mol. The van der Waals surface area contributed by atoms with E-state index in [9.17, 15) is 13.2 Å². The van der Waals surface area contributed by atoms with Gasteiger partial charge in [-0.2, -0.15) is 4.31 Å². The Labute approximate surface area is 197 Å². The first-order valence-corrected chi connectivity index (χ1v) is 12.2. The molecule has 0 spiro atoms. The summed E-state index contributed by atoms with van der Waals surface area (Å²) in [7, 11) is -2.65. The summed E-state index contributed by atoms with van der Waals surface area (Å²) in [6.07, 6.45) is 0.701. The van der Waals surface area contributed by atoms with E-state index >= 15 is 0 Å². The highest BCUT2D eigenvalue weighted by atomic mass is 79.9. The van der Waals surface area contributed by atoms with Gasteiger partial charge in [0.15, 0.2) is 6.61 Å². The maximum Gasteiger partial charge on any atom is 0.278 e. The van der Waals surface area contributed by atoms with Crippen LogP contribution in [0.25, 0.3) is 0 Å². The van der Waals surface area contributed by atoms with E-state index in [1.54, 1.807) is 30.3 Å². The van der Waals surface area contributed by atoms with E-state index in [-0.39, 0.29) is 10.6 Å². The van der Waals surface area contributed by atoms with Gasteiger partial charge in [0, 0.05) is 4.47 Å². The monoisotopic (exact) mass is 517 g/mol. The second kappa shape index (κ2) is 10.2. The van der Waals surface area contributed by atoms with Crippen LogP contribution in [-0.4, -0.2) is 28.0 Å². The van der Waals surface area contributed by atoms with Crippen LogP contribution in [0.5, 0.6) is 11.5 Å². The molecule has 0 aliphatic carbocycles. The largest absolute Gasteiger partial charge is 0.497 e. The Bertz CT molecular complexity index is 1190. The van der Waals surface area contributed by atoms with Crippen LogP contribution < -0.4 is 13.8 Å². The van der Waals surface area contributed by atoms with Crippen LogP contribution in [0.2, 0.25) is 0 Å². The highest BCUT2D eigenvalue weighted by molar-refractivity contribution is 9.10. The van der Waals surface area contributed by atoms with E-state index in [0.29, 0.717) is 17.9 Å². The molecule has 0 aliphatic rings. The number of nitrogens with zero attached hydrogens (tertiary/aromatic N) is 1. The third kappa shape index (κ3) is 5.31. The number of carbonyl (C=O) groups is 1. The molecule has 8 heteroatoms. The number of amides is 1. The van der Waals surface area contributed by atoms with Crippen LogP contribution in [0, 0.1) is 6.92 Å². The molecule has 3 aromatic rings. The van der Waals surface area contributed by atoms with E-state index < -0.39 is 22.5 Å². The van der Waals surface area contributed by atoms with Crippen LogP contribution in [0.3, 0.4) is 0 Å². The summed E-state index contributed by atoms with van der Waals surface area (Å²) >= 11 is 3.42. The van der Waals surface area contributed by atoms with Gasteiger partial charge in [0.1, 0.15) is 11.5 Å². The van der Waals surface area contributed by atoms with Gasteiger partial charge in [-0.3, -0.25) is 4.79 Å². The van der Waals surface area contributed by atoms with Gasteiger partial charge in [-0.1, -0.05) is 40.5 Å². The zero-order chi connectivity index (χ0) is 23.3. The molecule has 0 radical (unpaired) electrons. The van der Waals surface area contributed by atoms with Crippen LogP contribution in [-0.2, 0) is 21.2 Å². The zero-order valence-electron chi connectivity index (χ0n) is 18.0. The Morgan fingerprint density at radius 3 is 2.25 bits per heavy atom. The zero-order valence-corrected chi connectivity index (χ0v) is 20.4. The van der Waals surface area contributed by atoms with E-state index in [0.717, 1.165) is 19.9 Å². The van der Waals surface area contributed by atoms with Crippen LogP contribution >= 0.6 is 15.9 Å². The SMILES string of the molecule is CCc1cc(Br)ccc1OCC(=O)N(c1ccc(OC)cc1)S(=O)(=O)c1ccc(C)cc1. The lowest BCUT2D eigenvalue weighted by molar-refractivity contribution is -0.119. The third-order valence-corrected chi connectivity index (χ3v) is 7.10. The molecule has 0 aromatic heterocycles. The average Bonchev–Trinajstić information content (AvgIpc) is 2.79. The number of rotatable bonds is 8. The van der Waals surface area contributed by atoms with Crippen molar-refractivity contribution in [2.24, 2.45) is 0 Å². The minimum Gasteiger partial charge on any atom is -0.497 e. The van der Waals surface area contributed by atoms with Crippen LogP contribution in [0.15, 0.2) is 76.1 Å². The van der Waals surface area contributed by atoms with Gasteiger partial charge in [-0.15, -0.1) is 0 Å². The molecule has 0 bridgehead atoms. The molecule has 0 aliphatic heterocycles. The van der Waals surface area contributed by atoms with Gasteiger partial charge in [-0.05, 0) is 73.5 Å². The smallest absolute Gasteiger partial charge is 0.278 e. The number of aryl methyl sites for hydroxylation is 2. The van der Waals surface area contributed by atoms with E-state index in [2.05, 4.69) is 15.9 Å². The molecular formula is C24H24BrNO5S. The first-order chi connectivity index (χ1) is 15.3. The van der Waals surface area contributed by atoms with Crippen LogP contribution in [0.4, 0.5) is 5.69 Å². The predicted octanol–water partition coefficient (Wildman–Crippen LogP) is 5.13. The van der Waals surface area contributed by atoms with Gasteiger partial charge in [-0.25, -0.2) is 8.42 Å². The van der Waals surface area contributed by atoms with Crippen molar-refractivity contribution >= 4 is 37.5 Å². The van der Waals surface area contributed by atoms with Gasteiger partial charge < -0.3 is 9.47 Å². The predicted molar refractivity (Wildman–Crippen MR) is 128 cm³/mol. The summed E-state index contributed by atoms with van der Waals surface area (Å²) < 4.78 is 39.4. The normalized spacial score (nSPS) is 11.1. The summed E-state index contributed by atoms with van der Waals surface area (Å²) in [5.74, 6) is 0.375. The molecule has 0 saturated heterocycles. The Hall–Kier alpha value is -2.84. The Kier molecular flexibility index (Phi) is 7.58. The summed E-state index contributed by atoms with van der Waals surface area (Å²) in [5, 5.41) is 0. The molecule has 6 nitrogen and oxygen atoms in total. The maximum absolute atomic E-state index is 13.4. The lowest BCUT2D eigenvalue weighted by Gasteiger charge is -2.23. The fourth-order valence-electron chi connectivity index (χ4n) is 3.11. The van der Waals surface area contributed by atoms with Crippen molar-refractivity contribution < 1.29 is 22.7 Å². The van der Waals surface area contributed by atoms with Crippen molar-refractivity contribution in [1.29, 1.82) is 0 Å². The second-order valence-corrected chi connectivity index (χ2v) is 9.77. The molecule has 1 amide bonds. The number of sulfonamides is 1. The number of ether oxygens (including phenoxy) is 2. The summed E-state index contributed by atoms with van der Waals surface area (Å²) in [4.78, 5) is 13.2. The summed E-state index contributed by atoms with van der Waals surface area (Å²) in [5.41, 5.74) is 2.02. The molecule has 0 heterocycles. The Morgan fingerprint density at radius 2 is 1.66 bits per heavy atom. The molecule has 0 saturated carbocycles. The standard InChI is InChI=1S/C24H24BrNO5S/c1-4-18-15-19(25)7-14-23(18)31-16-24(27)26(20-8-10-21(30-3)11-9-20)32(28,29)22-12-5-17(2)6-13-22/h5-15H,4,16H2,1-3H3. The van der Waals surface area contributed by atoms with Crippen molar-refractivity contribution in [3.8, 4) is 11.5 Å². The summed E-state index contributed by atoms with van der Waals surface area (Å²) in [6, 6.07) is 18.1. The highest BCUT2D eigenvalue weighted by Gasteiger charge is 2.31. The lowest BCUT2D eigenvalue weighted by Crippen LogP contribution is -2.40. The number of methoxy groups -OCH3 is 1. The van der Waals surface area contributed by atoms with Gasteiger partial charge in [0.05, 0.1) is 17.7 Å².